The number of aromatic nitrogens is 1. The molecule has 1 aromatic heterocycles. The summed E-state index contributed by atoms with van der Waals surface area (Å²) in [6, 6.07) is 7.14. The number of hydrogen-bond acceptors (Lipinski definition) is 2. The van der Waals surface area contributed by atoms with Gasteiger partial charge in [-0.2, -0.15) is 4.31 Å². The van der Waals surface area contributed by atoms with Gasteiger partial charge in [-0.05, 0) is 44.2 Å². The minimum Gasteiger partial charge on any atom is -0.346 e. The van der Waals surface area contributed by atoms with E-state index < -0.39 is 15.8 Å². The van der Waals surface area contributed by atoms with Crippen molar-refractivity contribution in [2.45, 2.75) is 31.3 Å². The first kappa shape index (κ1) is 15.5. The summed E-state index contributed by atoms with van der Waals surface area (Å²) in [5.41, 5.74) is 2.07. The lowest BCUT2D eigenvalue weighted by Gasteiger charge is -2.34. The predicted molar refractivity (Wildman–Crippen MR) is 82.9 cm³/mol. The van der Waals surface area contributed by atoms with Crippen LogP contribution in [0.25, 0.3) is 0 Å². The summed E-state index contributed by atoms with van der Waals surface area (Å²) in [7, 11) is -3.72. The average molecular weight is 343 g/mol. The molecule has 0 fully saturated rings. The molecule has 3 rings (SSSR count). The molecule has 0 saturated heterocycles. The molecule has 0 unspecified atom stereocenters. The van der Waals surface area contributed by atoms with E-state index in [-0.39, 0.29) is 16.0 Å². The lowest BCUT2D eigenvalue weighted by Crippen LogP contribution is -2.41. The van der Waals surface area contributed by atoms with E-state index in [1.54, 1.807) is 0 Å². The summed E-state index contributed by atoms with van der Waals surface area (Å²) in [5.74, 6) is -0.628. The first-order valence-electron chi connectivity index (χ1n) is 6.95. The topological polar surface area (TPSA) is 42.3 Å². The maximum atomic E-state index is 13.3. The molecule has 2 aromatic rings. The minimum atomic E-state index is -3.72. The van der Waals surface area contributed by atoms with Crippen molar-refractivity contribution in [2.75, 3.05) is 6.54 Å². The largest absolute Gasteiger partial charge is 0.346 e. The molecule has 1 aliphatic rings. The molecule has 22 heavy (non-hydrogen) atoms. The zero-order valence-electron chi connectivity index (χ0n) is 12.3. The predicted octanol–water partition coefficient (Wildman–Crippen LogP) is 3.35. The zero-order chi connectivity index (χ0) is 16.1. The third-order valence-electron chi connectivity index (χ3n) is 4.13. The van der Waals surface area contributed by atoms with Gasteiger partial charge in [0.25, 0.3) is 0 Å². The molecule has 0 saturated carbocycles. The molecule has 2 heterocycles. The van der Waals surface area contributed by atoms with Crippen LogP contribution >= 0.6 is 11.6 Å². The Bertz CT molecular complexity index is 832. The molecule has 7 heteroatoms. The average Bonchev–Trinajstić information content (AvgIpc) is 2.84. The van der Waals surface area contributed by atoms with Crippen molar-refractivity contribution in [2.24, 2.45) is 0 Å². The number of nitrogens with zero attached hydrogens (tertiary/aromatic N) is 2. The highest BCUT2D eigenvalue weighted by atomic mass is 35.5. The standard InChI is InChI=1S/C15H16ClFN2O2S/c1-10-3-6-15-11(2)19(8-7-18(10)15)22(20,21)12-4-5-14(17)13(16)9-12/h3-6,9,11H,7-8H2,1-2H3/t11-/m1/s1. The number of hydrogen-bond donors (Lipinski definition) is 0. The molecule has 118 valence electrons. The van der Waals surface area contributed by atoms with Gasteiger partial charge in [0.2, 0.25) is 10.0 Å². The molecule has 1 aliphatic heterocycles. The fourth-order valence-electron chi connectivity index (χ4n) is 2.90. The highest BCUT2D eigenvalue weighted by molar-refractivity contribution is 7.89. The molecule has 0 amide bonds. The maximum absolute atomic E-state index is 13.3. The van der Waals surface area contributed by atoms with Gasteiger partial charge in [-0.15, -0.1) is 0 Å². The van der Waals surface area contributed by atoms with Crippen LogP contribution in [0.15, 0.2) is 35.2 Å². The third kappa shape index (κ3) is 2.35. The molecule has 0 radical (unpaired) electrons. The van der Waals surface area contributed by atoms with Gasteiger partial charge in [-0.3, -0.25) is 0 Å². The molecule has 1 atom stereocenters. The summed E-state index contributed by atoms with van der Waals surface area (Å²) in [4.78, 5) is 0.0162. The maximum Gasteiger partial charge on any atom is 0.243 e. The number of halogens is 2. The molecule has 0 aliphatic carbocycles. The van der Waals surface area contributed by atoms with Crippen molar-refractivity contribution >= 4 is 21.6 Å². The van der Waals surface area contributed by atoms with Crippen LogP contribution in [-0.2, 0) is 16.6 Å². The second kappa shape index (κ2) is 5.37. The van der Waals surface area contributed by atoms with Gasteiger partial charge in [0, 0.05) is 24.5 Å². The van der Waals surface area contributed by atoms with Crippen molar-refractivity contribution in [1.82, 2.24) is 8.87 Å². The van der Waals surface area contributed by atoms with Crippen LogP contribution in [0.3, 0.4) is 0 Å². The summed E-state index contributed by atoms with van der Waals surface area (Å²) in [5, 5.41) is -0.190. The lowest BCUT2D eigenvalue weighted by molar-refractivity contribution is 0.280. The number of rotatable bonds is 2. The Balaban J connectivity index is 2.01. The Kier molecular flexibility index (Phi) is 3.79. The van der Waals surface area contributed by atoms with Crippen LogP contribution in [-0.4, -0.2) is 23.8 Å². The zero-order valence-corrected chi connectivity index (χ0v) is 13.8. The fraction of sp³-hybridized carbons (Fsp3) is 0.333. The second-order valence-electron chi connectivity index (χ2n) is 5.42. The third-order valence-corrected chi connectivity index (χ3v) is 6.39. The van der Waals surface area contributed by atoms with E-state index in [0.717, 1.165) is 23.5 Å². The van der Waals surface area contributed by atoms with Gasteiger partial charge >= 0.3 is 0 Å². The monoisotopic (exact) mass is 342 g/mol. The van der Waals surface area contributed by atoms with E-state index in [0.29, 0.717) is 13.1 Å². The highest BCUT2D eigenvalue weighted by Gasteiger charge is 2.34. The van der Waals surface area contributed by atoms with Crippen LogP contribution in [0.1, 0.15) is 24.4 Å². The number of fused-ring (bicyclic) bond motifs is 1. The molecule has 0 spiro atoms. The molecule has 0 bridgehead atoms. The van der Waals surface area contributed by atoms with Crippen LogP contribution in [0.4, 0.5) is 4.39 Å². The normalized spacial score (nSPS) is 19.2. The van der Waals surface area contributed by atoms with E-state index >= 15 is 0 Å². The first-order valence-corrected chi connectivity index (χ1v) is 8.77. The quantitative estimate of drug-likeness (QED) is 0.840. The van der Waals surface area contributed by atoms with E-state index in [2.05, 4.69) is 4.57 Å². The Morgan fingerprint density at radius 1 is 1.23 bits per heavy atom. The van der Waals surface area contributed by atoms with Crippen LogP contribution in [0, 0.1) is 12.7 Å². The summed E-state index contributed by atoms with van der Waals surface area (Å²) < 4.78 is 42.4. The van der Waals surface area contributed by atoms with Crippen molar-refractivity contribution in [3.05, 3.63) is 52.6 Å². The number of aryl methyl sites for hydroxylation is 1. The summed E-state index contributed by atoms with van der Waals surface area (Å²) in [6.07, 6.45) is 0. The van der Waals surface area contributed by atoms with Gasteiger partial charge < -0.3 is 4.57 Å². The Hall–Kier alpha value is -1.37. The van der Waals surface area contributed by atoms with E-state index in [1.165, 1.54) is 10.4 Å². The van der Waals surface area contributed by atoms with Crippen molar-refractivity contribution in [3.63, 3.8) is 0 Å². The lowest BCUT2D eigenvalue weighted by atomic mass is 10.2. The van der Waals surface area contributed by atoms with Crippen LogP contribution in [0.5, 0.6) is 0 Å². The van der Waals surface area contributed by atoms with Gasteiger partial charge in [-0.1, -0.05) is 11.6 Å². The number of sulfonamides is 1. The first-order chi connectivity index (χ1) is 10.3. The fourth-order valence-corrected chi connectivity index (χ4v) is 4.77. The minimum absolute atomic E-state index is 0.0162. The van der Waals surface area contributed by atoms with Gasteiger partial charge in [0.15, 0.2) is 0 Å². The highest BCUT2D eigenvalue weighted by Crippen LogP contribution is 2.33. The summed E-state index contributed by atoms with van der Waals surface area (Å²) in [6.45, 7) is 4.83. The van der Waals surface area contributed by atoms with Crippen molar-refractivity contribution in [1.29, 1.82) is 0 Å². The SMILES string of the molecule is Cc1ccc2n1CCN(S(=O)(=O)c1ccc(F)c(Cl)c1)[C@@H]2C. The molecule has 0 N–H and O–H groups in total. The van der Waals surface area contributed by atoms with Gasteiger partial charge in [-0.25, -0.2) is 12.8 Å². The molecule has 4 nitrogen and oxygen atoms in total. The van der Waals surface area contributed by atoms with Crippen molar-refractivity contribution in [3.8, 4) is 0 Å². The Morgan fingerprint density at radius 2 is 1.95 bits per heavy atom. The van der Waals surface area contributed by atoms with Crippen LogP contribution < -0.4 is 0 Å². The second-order valence-corrected chi connectivity index (χ2v) is 7.72. The Morgan fingerprint density at radius 3 is 2.64 bits per heavy atom. The number of benzene rings is 1. The van der Waals surface area contributed by atoms with Crippen molar-refractivity contribution < 1.29 is 12.8 Å². The summed E-state index contributed by atoms with van der Waals surface area (Å²) >= 11 is 5.72. The van der Waals surface area contributed by atoms with Gasteiger partial charge in [0.05, 0.1) is 16.0 Å². The van der Waals surface area contributed by atoms with E-state index in [9.17, 15) is 12.8 Å². The molecule has 1 aromatic carbocycles. The molecular weight excluding hydrogens is 327 g/mol. The van der Waals surface area contributed by atoms with E-state index in [1.807, 2.05) is 26.0 Å². The Labute approximate surface area is 134 Å². The van der Waals surface area contributed by atoms with Crippen LogP contribution in [0.2, 0.25) is 5.02 Å². The molecular formula is C15H16ClFN2O2S. The smallest absolute Gasteiger partial charge is 0.243 e. The van der Waals surface area contributed by atoms with E-state index in [4.69, 9.17) is 11.6 Å². The van der Waals surface area contributed by atoms with Gasteiger partial charge in [0.1, 0.15) is 5.82 Å².